The van der Waals surface area contributed by atoms with Gasteiger partial charge in [-0.2, -0.15) is 0 Å². The highest BCUT2D eigenvalue weighted by Gasteiger charge is 2.20. The van der Waals surface area contributed by atoms with Crippen LogP contribution in [0, 0.1) is 0 Å². The van der Waals surface area contributed by atoms with Crippen LogP contribution in [0.3, 0.4) is 0 Å². The van der Waals surface area contributed by atoms with Gasteiger partial charge >= 0.3 is 0 Å². The van der Waals surface area contributed by atoms with E-state index in [4.69, 9.17) is 9.15 Å². The zero-order chi connectivity index (χ0) is 22.7. The van der Waals surface area contributed by atoms with Crippen LogP contribution in [0.25, 0.3) is 22.3 Å². The Morgan fingerprint density at radius 2 is 2.06 bits per heavy atom. The van der Waals surface area contributed by atoms with Gasteiger partial charge in [-0.25, -0.2) is 5.10 Å². The lowest BCUT2D eigenvalue weighted by atomic mass is 10.1. The molecule has 1 unspecified atom stereocenters. The number of H-pyrrole nitrogens is 1. The predicted octanol–water partition coefficient (Wildman–Crippen LogP) is 2.77. The first-order chi connectivity index (χ1) is 15.4. The Bertz CT molecular complexity index is 1310. The van der Waals surface area contributed by atoms with Crippen molar-refractivity contribution in [3.05, 3.63) is 64.6 Å². The van der Waals surface area contributed by atoms with E-state index < -0.39 is 11.5 Å². The van der Waals surface area contributed by atoms with Gasteiger partial charge in [-0.3, -0.25) is 9.59 Å². The lowest BCUT2D eigenvalue weighted by Gasteiger charge is -2.22. The topological polar surface area (TPSA) is 143 Å². The maximum atomic E-state index is 12.8. The highest BCUT2D eigenvalue weighted by molar-refractivity contribution is 6.02. The zero-order valence-electron chi connectivity index (χ0n) is 17.5. The van der Waals surface area contributed by atoms with Crippen LogP contribution >= 0.6 is 0 Å². The summed E-state index contributed by atoms with van der Waals surface area (Å²) in [5, 5.41) is 25.8. The molecule has 10 heteroatoms. The highest BCUT2D eigenvalue weighted by Crippen LogP contribution is 2.32. The maximum Gasteiger partial charge on any atom is 0.294 e. The van der Waals surface area contributed by atoms with Crippen molar-refractivity contribution in [3.8, 4) is 17.1 Å². The Labute approximate surface area is 182 Å². The largest absolute Gasteiger partial charge is 0.490 e. The average molecular weight is 435 g/mol. The van der Waals surface area contributed by atoms with E-state index in [1.165, 1.54) is 12.1 Å². The first-order valence-corrected chi connectivity index (χ1v) is 9.94. The monoisotopic (exact) mass is 435 g/mol. The van der Waals surface area contributed by atoms with Crippen LogP contribution in [0.5, 0.6) is 5.75 Å². The number of anilines is 1. The van der Waals surface area contributed by atoms with Crippen molar-refractivity contribution < 1.29 is 19.1 Å². The van der Waals surface area contributed by atoms with Crippen molar-refractivity contribution in [2.45, 2.75) is 25.9 Å². The quantitative estimate of drug-likeness (QED) is 0.402. The fourth-order valence-corrected chi connectivity index (χ4v) is 2.94. The number of nitrogens with one attached hydrogen (secondary N) is 2. The zero-order valence-corrected chi connectivity index (χ0v) is 17.5. The summed E-state index contributed by atoms with van der Waals surface area (Å²) >= 11 is 0. The minimum absolute atomic E-state index is 0.0499. The van der Waals surface area contributed by atoms with E-state index in [2.05, 4.69) is 25.9 Å². The summed E-state index contributed by atoms with van der Waals surface area (Å²) in [6, 6.07) is 13.2. The number of aromatic nitrogens is 4. The second-order valence-corrected chi connectivity index (χ2v) is 7.53. The van der Waals surface area contributed by atoms with Gasteiger partial charge in [0.25, 0.3) is 5.91 Å². The number of tetrazole rings is 1. The lowest BCUT2D eigenvalue weighted by Crippen LogP contribution is -2.31. The Balaban J connectivity index is 1.65. The van der Waals surface area contributed by atoms with E-state index >= 15 is 0 Å². The van der Waals surface area contributed by atoms with Gasteiger partial charge in [0.05, 0.1) is 16.6 Å². The number of aliphatic hydroxyl groups is 1. The van der Waals surface area contributed by atoms with E-state index in [9.17, 15) is 14.7 Å². The predicted molar refractivity (Wildman–Crippen MR) is 116 cm³/mol. The van der Waals surface area contributed by atoms with E-state index in [0.29, 0.717) is 40.2 Å². The highest BCUT2D eigenvalue weighted by atomic mass is 16.5. The smallest absolute Gasteiger partial charge is 0.294 e. The van der Waals surface area contributed by atoms with Crippen LogP contribution in [0.2, 0.25) is 0 Å². The molecule has 0 radical (unpaired) electrons. The first-order valence-electron chi connectivity index (χ1n) is 9.94. The summed E-state index contributed by atoms with van der Waals surface area (Å²) in [5.41, 5.74) is 0.0780. The molecule has 32 heavy (non-hydrogen) atoms. The van der Waals surface area contributed by atoms with Gasteiger partial charge in [0.2, 0.25) is 5.82 Å². The number of hydrogen-bond acceptors (Lipinski definition) is 8. The summed E-state index contributed by atoms with van der Waals surface area (Å²) in [7, 11) is 0. The van der Waals surface area contributed by atoms with Crippen molar-refractivity contribution in [2.24, 2.45) is 0 Å². The van der Waals surface area contributed by atoms with Gasteiger partial charge in [0.1, 0.15) is 23.7 Å². The van der Waals surface area contributed by atoms with Gasteiger partial charge in [0.15, 0.2) is 5.43 Å². The maximum absolute atomic E-state index is 12.8. The number of benzene rings is 2. The van der Waals surface area contributed by atoms with Crippen LogP contribution < -0.4 is 15.5 Å². The summed E-state index contributed by atoms with van der Waals surface area (Å²) in [6.07, 6.45) is 0.534. The number of rotatable bonds is 7. The van der Waals surface area contributed by atoms with Gasteiger partial charge in [0, 0.05) is 11.8 Å². The minimum atomic E-state index is -0.972. The molecule has 0 aliphatic heterocycles. The Morgan fingerprint density at radius 3 is 2.81 bits per heavy atom. The number of para-hydroxylation sites is 1. The van der Waals surface area contributed by atoms with Gasteiger partial charge in [-0.15, -0.1) is 5.10 Å². The third-order valence-corrected chi connectivity index (χ3v) is 5.00. The number of carbonyl (C=O) groups is 1. The van der Waals surface area contributed by atoms with Gasteiger partial charge < -0.3 is 19.6 Å². The number of ether oxygens (including phenoxy) is 1. The van der Waals surface area contributed by atoms with Crippen molar-refractivity contribution >= 4 is 22.6 Å². The Hall–Kier alpha value is -4.05. The fourth-order valence-electron chi connectivity index (χ4n) is 2.94. The number of nitrogens with zero attached hydrogens (tertiary/aromatic N) is 3. The third kappa shape index (κ3) is 4.49. The van der Waals surface area contributed by atoms with E-state index in [0.717, 1.165) is 0 Å². The Kier molecular flexibility index (Phi) is 5.69. The second kappa shape index (κ2) is 8.60. The number of fused-ring (bicyclic) bond motifs is 1. The van der Waals surface area contributed by atoms with Crippen molar-refractivity contribution in [1.29, 1.82) is 0 Å². The molecule has 0 aliphatic carbocycles. The van der Waals surface area contributed by atoms with Gasteiger partial charge in [-0.1, -0.05) is 19.1 Å². The molecule has 1 atom stereocenters. The summed E-state index contributed by atoms with van der Waals surface area (Å²) in [5.74, 6) is 0.238. The number of carbonyl (C=O) groups excluding carboxylic acids is 1. The molecule has 1 amide bonds. The second-order valence-electron chi connectivity index (χ2n) is 7.53. The van der Waals surface area contributed by atoms with E-state index in [1.54, 1.807) is 43.3 Å². The molecule has 0 spiro atoms. The molecule has 4 rings (SSSR count). The van der Waals surface area contributed by atoms with Crippen LogP contribution in [-0.2, 0) is 0 Å². The molecular weight excluding hydrogens is 414 g/mol. The number of hydrogen-bond donors (Lipinski definition) is 3. The molecule has 4 aromatic rings. The summed E-state index contributed by atoms with van der Waals surface area (Å²) in [6.45, 7) is 3.67. The van der Waals surface area contributed by atoms with Crippen molar-refractivity contribution in [1.82, 2.24) is 20.6 Å². The van der Waals surface area contributed by atoms with E-state index in [-0.39, 0.29) is 17.9 Å². The first kappa shape index (κ1) is 21.2. The molecule has 0 aliphatic rings. The van der Waals surface area contributed by atoms with Crippen molar-refractivity contribution in [2.75, 3.05) is 11.9 Å². The molecule has 0 saturated heterocycles. The van der Waals surface area contributed by atoms with Crippen LogP contribution in [0.15, 0.2) is 57.7 Å². The minimum Gasteiger partial charge on any atom is -0.490 e. The summed E-state index contributed by atoms with van der Waals surface area (Å²) < 4.78 is 11.8. The Morgan fingerprint density at radius 1 is 1.25 bits per heavy atom. The van der Waals surface area contributed by atoms with Crippen LogP contribution in [0.1, 0.15) is 30.9 Å². The molecule has 10 nitrogen and oxygen atoms in total. The van der Waals surface area contributed by atoms with E-state index in [1.807, 2.05) is 6.92 Å². The number of aromatic amines is 1. The fraction of sp³-hybridized carbons (Fsp3) is 0.227. The number of amides is 1. The molecule has 0 saturated carbocycles. The summed E-state index contributed by atoms with van der Waals surface area (Å²) in [4.78, 5) is 24.9. The van der Waals surface area contributed by atoms with Crippen LogP contribution in [0.4, 0.5) is 5.69 Å². The molecule has 2 heterocycles. The molecule has 0 bridgehead atoms. The lowest BCUT2D eigenvalue weighted by molar-refractivity contribution is 0.00862. The van der Waals surface area contributed by atoms with Crippen molar-refractivity contribution in [3.63, 3.8) is 0 Å². The molecule has 164 valence electrons. The van der Waals surface area contributed by atoms with Crippen LogP contribution in [-0.4, -0.2) is 43.8 Å². The molecule has 0 fully saturated rings. The normalized spacial score (nSPS) is 13.0. The molecular formula is C22H21N5O5. The molecule has 2 aromatic carbocycles. The average Bonchev–Trinajstić information content (AvgIpc) is 3.33. The standard InChI is InChI=1S/C22H21N5O5/c1-3-22(2,30)12-31-17-7-5-4-6-14(17)19-11-16(28)15-10-13(8-9-18(15)32-19)23-21(29)20-24-26-27-25-20/h4-11,30H,3,12H2,1-2H3,(H,23,29)(H,24,25,26,27). The SMILES string of the molecule is CCC(C)(O)COc1ccccc1-c1cc(=O)c2cc(NC(=O)c3nnn[nH]3)ccc2o1. The van der Waals surface area contributed by atoms with Gasteiger partial charge in [-0.05, 0) is 54.1 Å². The third-order valence-electron chi connectivity index (χ3n) is 5.00. The molecule has 3 N–H and O–H groups in total. The molecule has 2 aromatic heterocycles.